The quantitative estimate of drug-likeness (QED) is 0.510. The molecule has 0 aliphatic carbocycles. The molecule has 126 valence electrons. The number of rotatable bonds is 5. The minimum atomic E-state index is -3.98. The number of benzene rings is 2. The molecule has 0 unspecified atom stereocenters. The van der Waals surface area contributed by atoms with Crippen molar-refractivity contribution in [2.75, 3.05) is 0 Å². The fourth-order valence-corrected chi connectivity index (χ4v) is 2.88. The zero-order valence-corrected chi connectivity index (χ0v) is 14.3. The van der Waals surface area contributed by atoms with Crippen LogP contribution in [0.25, 0.3) is 0 Å². The predicted octanol–water partition coefficient (Wildman–Crippen LogP) is 2.83. The average molecular weight is 347 g/mol. The first kappa shape index (κ1) is 17.6. The van der Waals surface area contributed by atoms with Gasteiger partial charge in [-0.2, -0.15) is 13.5 Å². The molecule has 1 N–H and O–H groups in total. The Morgan fingerprint density at radius 3 is 2.42 bits per heavy atom. The normalized spacial score (nSPS) is 11.6. The van der Waals surface area contributed by atoms with Gasteiger partial charge in [0.25, 0.3) is 15.7 Å². The lowest BCUT2D eigenvalue weighted by Crippen LogP contribution is -2.18. The third kappa shape index (κ3) is 3.96. The molecule has 0 heterocycles. The lowest BCUT2D eigenvalue weighted by atomic mass is 10.1. The van der Waals surface area contributed by atoms with Gasteiger partial charge < -0.3 is 0 Å². The monoisotopic (exact) mass is 347 g/mol. The van der Waals surface area contributed by atoms with Crippen molar-refractivity contribution in [2.45, 2.75) is 25.7 Å². The van der Waals surface area contributed by atoms with E-state index < -0.39 is 14.9 Å². The molecule has 7 nitrogen and oxygen atoms in total. The fraction of sp³-hybridized carbons (Fsp3) is 0.188. The molecule has 0 aliphatic heterocycles. The number of nitrogens with one attached hydrogen (secondary N) is 1. The minimum Gasteiger partial charge on any atom is -0.258 e. The van der Waals surface area contributed by atoms with Crippen LogP contribution in [0.15, 0.2) is 46.4 Å². The van der Waals surface area contributed by atoms with E-state index in [1.165, 1.54) is 18.3 Å². The van der Waals surface area contributed by atoms with E-state index >= 15 is 0 Å². The number of aryl methyl sites for hydroxylation is 3. The van der Waals surface area contributed by atoms with Crippen LogP contribution in [-0.4, -0.2) is 19.6 Å². The Kier molecular flexibility index (Phi) is 4.99. The van der Waals surface area contributed by atoms with E-state index in [0.717, 1.165) is 22.8 Å². The van der Waals surface area contributed by atoms with Crippen LogP contribution in [0, 0.1) is 30.9 Å². The van der Waals surface area contributed by atoms with Gasteiger partial charge in [0.05, 0.1) is 16.0 Å². The van der Waals surface area contributed by atoms with E-state index in [1.54, 1.807) is 6.92 Å². The van der Waals surface area contributed by atoms with Crippen molar-refractivity contribution in [1.82, 2.24) is 4.83 Å². The average Bonchev–Trinajstić information content (AvgIpc) is 2.50. The summed E-state index contributed by atoms with van der Waals surface area (Å²) in [6.07, 6.45) is 1.41. The summed E-state index contributed by atoms with van der Waals surface area (Å²) in [4.78, 5) is 12.2. The third-order valence-corrected chi connectivity index (χ3v) is 4.72. The molecular formula is C16H17N3O4S. The third-order valence-electron chi connectivity index (χ3n) is 3.50. The van der Waals surface area contributed by atoms with Gasteiger partial charge in [-0.3, -0.25) is 10.1 Å². The number of hydrogen-bond donors (Lipinski definition) is 1. The summed E-state index contributed by atoms with van der Waals surface area (Å²) in [6, 6.07) is 9.45. The summed E-state index contributed by atoms with van der Waals surface area (Å²) >= 11 is 0. The van der Waals surface area contributed by atoms with Crippen LogP contribution in [0.4, 0.5) is 5.69 Å². The molecule has 0 amide bonds. The van der Waals surface area contributed by atoms with Crippen molar-refractivity contribution in [1.29, 1.82) is 0 Å². The molecule has 2 rings (SSSR count). The predicted molar refractivity (Wildman–Crippen MR) is 91.7 cm³/mol. The Morgan fingerprint density at radius 1 is 1.08 bits per heavy atom. The highest BCUT2D eigenvalue weighted by Crippen LogP contribution is 2.22. The second-order valence-corrected chi connectivity index (χ2v) is 7.08. The van der Waals surface area contributed by atoms with Crippen LogP contribution in [0.3, 0.4) is 0 Å². The maximum atomic E-state index is 12.2. The van der Waals surface area contributed by atoms with Gasteiger partial charge in [-0.1, -0.05) is 29.8 Å². The Bertz CT molecular complexity index is 921. The first-order valence-electron chi connectivity index (χ1n) is 7.08. The maximum absolute atomic E-state index is 12.2. The lowest BCUT2D eigenvalue weighted by molar-refractivity contribution is -0.385. The molecule has 0 aliphatic rings. The zero-order chi connectivity index (χ0) is 17.9. The topological polar surface area (TPSA) is 102 Å². The highest BCUT2D eigenvalue weighted by molar-refractivity contribution is 7.89. The number of nitro groups is 1. The molecular weight excluding hydrogens is 330 g/mol. The summed E-state index contributed by atoms with van der Waals surface area (Å²) in [5.41, 5.74) is 2.90. The highest BCUT2D eigenvalue weighted by Gasteiger charge is 2.19. The summed E-state index contributed by atoms with van der Waals surface area (Å²) in [6.45, 7) is 5.35. The van der Waals surface area contributed by atoms with E-state index in [2.05, 4.69) is 9.93 Å². The molecule has 24 heavy (non-hydrogen) atoms. The number of nitro benzene ring substituents is 1. The smallest absolute Gasteiger partial charge is 0.258 e. The maximum Gasteiger partial charge on any atom is 0.276 e. The number of hydrogen-bond acceptors (Lipinski definition) is 5. The Morgan fingerprint density at radius 2 is 1.75 bits per heavy atom. The van der Waals surface area contributed by atoms with Crippen molar-refractivity contribution in [2.24, 2.45) is 5.10 Å². The number of sulfonamides is 1. The Labute approximate surface area is 140 Å². The van der Waals surface area contributed by atoms with Gasteiger partial charge in [-0.05, 0) is 38.0 Å². The molecule has 0 aromatic heterocycles. The van der Waals surface area contributed by atoms with Crippen LogP contribution >= 0.6 is 0 Å². The minimum absolute atomic E-state index is 0.210. The second-order valence-electron chi connectivity index (χ2n) is 5.42. The fourth-order valence-electron chi connectivity index (χ4n) is 2.07. The van der Waals surface area contributed by atoms with Gasteiger partial charge in [-0.25, -0.2) is 4.83 Å². The molecule has 2 aromatic carbocycles. The zero-order valence-electron chi connectivity index (χ0n) is 13.5. The standard InChI is InChI=1S/C16H17N3O4S/c1-11-4-5-12(2)14(8-11)10-17-18-24(22,23)15-7-6-13(3)16(9-15)19(20)21/h4-10,18H,1-3H3/b17-10-. The van der Waals surface area contributed by atoms with E-state index in [9.17, 15) is 18.5 Å². The Balaban J connectivity index is 2.26. The summed E-state index contributed by atoms with van der Waals surface area (Å²) in [5.74, 6) is 0. The van der Waals surface area contributed by atoms with E-state index in [0.29, 0.717) is 5.56 Å². The number of hydrazone groups is 1. The van der Waals surface area contributed by atoms with Crippen molar-refractivity contribution < 1.29 is 13.3 Å². The summed E-state index contributed by atoms with van der Waals surface area (Å²) in [7, 11) is -3.98. The second kappa shape index (κ2) is 6.79. The van der Waals surface area contributed by atoms with Crippen LogP contribution < -0.4 is 4.83 Å². The van der Waals surface area contributed by atoms with Crippen LogP contribution in [-0.2, 0) is 10.0 Å². The molecule has 0 spiro atoms. The summed E-state index contributed by atoms with van der Waals surface area (Å²) in [5, 5.41) is 14.7. The van der Waals surface area contributed by atoms with Crippen molar-refractivity contribution in [3.05, 3.63) is 68.8 Å². The molecule has 8 heteroatoms. The van der Waals surface area contributed by atoms with Crippen molar-refractivity contribution >= 4 is 21.9 Å². The van der Waals surface area contributed by atoms with Gasteiger partial charge in [0.1, 0.15) is 0 Å². The van der Waals surface area contributed by atoms with Crippen LogP contribution in [0.1, 0.15) is 22.3 Å². The van der Waals surface area contributed by atoms with Crippen molar-refractivity contribution in [3.8, 4) is 0 Å². The summed E-state index contributed by atoms with van der Waals surface area (Å²) < 4.78 is 24.4. The molecule has 0 saturated carbocycles. The Hall–Kier alpha value is -2.74. The molecule has 2 aromatic rings. The molecule has 0 saturated heterocycles. The molecule has 0 radical (unpaired) electrons. The van der Waals surface area contributed by atoms with Gasteiger partial charge in [-0.15, -0.1) is 0 Å². The lowest BCUT2D eigenvalue weighted by Gasteiger charge is -2.05. The van der Waals surface area contributed by atoms with Gasteiger partial charge in [0.15, 0.2) is 0 Å². The first-order chi connectivity index (χ1) is 11.2. The van der Waals surface area contributed by atoms with Crippen molar-refractivity contribution in [3.63, 3.8) is 0 Å². The first-order valence-corrected chi connectivity index (χ1v) is 8.56. The number of nitrogens with zero attached hydrogens (tertiary/aromatic N) is 2. The van der Waals surface area contributed by atoms with Crippen LogP contribution in [0.2, 0.25) is 0 Å². The molecule has 0 fully saturated rings. The van der Waals surface area contributed by atoms with E-state index in [-0.39, 0.29) is 10.6 Å². The van der Waals surface area contributed by atoms with Crippen LogP contribution in [0.5, 0.6) is 0 Å². The van der Waals surface area contributed by atoms with Gasteiger partial charge >= 0.3 is 0 Å². The van der Waals surface area contributed by atoms with E-state index in [1.807, 2.05) is 32.0 Å². The van der Waals surface area contributed by atoms with E-state index in [4.69, 9.17) is 0 Å². The highest BCUT2D eigenvalue weighted by atomic mass is 32.2. The van der Waals surface area contributed by atoms with Gasteiger partial charge in [0.2, 0.25) is 0 Å². The molecule has 0 bridgehead atoms. The SMILES string of the molecule is Cc1ccc(C)c(/C=N\NS(=O)(=O)c2ccc(C)c([N+](=O)[O-])c2)c1. The van der Waals surface area contributed by atoms with Gasteiger partial charge in [0, 0.05) is 11.6 Å². The molecule has 0 atom stereocenters. The largest absolute Gasteiger partial charge is 0.276 e.